The van der Waals surface area contributed by atoms with E-state index in [9.17, 15) is 0 Å². The van der Waals surface area contributed by atoms with E-state index < -0.39 is 0 Å². The summed E-state index contributed by atoms with van der Waals surface area (Å²) in [5, 5.41) is 4.20. The van der Waals surface area contributed by atoms with Crippen LogP contribution in [0.3, 0.4) is 0 Å². The second-order valence-electron chi connectivity index (χ2n) is 4.61. The Morgan fingerprint density at radius 2 is 1.72 bits per heavy atom. The van der Waals surface area contributed by atoms with E-state index in [2.05, 4.69) is 48.5 Å². The van der Waals surface area contributed by atoms with Crippen LogP contribution in [0.1, 0.15) is 29.2 Å². The van der Waals surface area contributed by atoms with Gasteiger partial charge in [-0.3, -0.25) is 0 Å². The van der Waals surface area contributed by atoms with E-state index in [1.54, 1.807) is 0 Å². The van der Waals surface area contributed by atoms with Crippen LogP contribution in [0.25, 0.3) is 0 Å². The Morgan fingerprint density at radius 3 is 2.44 bits per heavy atom. The maximum Gasteiger partial charge on any atom is 0.158 e. The first-order valence-corrected chi connectivity index (χ1v) is 6.17. The van der Waals surface area contributed by atoms with Gasteiger partial charge in [0.05, 0.1) is 5.71 Å². The molecule has 2 heteroatoms. The summed E-state index contributed by atoms with van der Waals surface area (Å²) in [6.07, 6.45) is 0.897. The maximum absolute atomic E-state index is 5.53. The number of oxime groups is 1. The van der Waals surface area contributed by atoms with E-state index in [0.717, 1.165) is 17.7 Å². The fourth-order valence-corrected chi connectivity index (χ4v) is 2.14. The third kappa shape index (κ3) is 2.14. The third-order valence-electron chi connectivity index (χ3n) is 3.23. The summed E-state index contributed by atoms with van der Waals surface area (Å²) in [7, 11) is 0. The first-order valence-electron chi connectivity index (χ1n) is 6.17. The summed E-state index contributed by atoms with van der Waals surface area (Å²) in [4.78, 5) is 5.53. The summed E-state index contributed by atoms with van der Waals surface area (Å²) >= 11 is 0. The molecule has 1 aliphatic heterocycles. The van der Waals surface area contributed by atoms with Crippen molar-refractivity contribution in [3.05, 3.63) is 71.3 Å². The van der Waals surface area contributed by atoms with Crippen LogP contribution >= 0.6 is 0 Å². The second kappa shape index (κ2) is 4.65. The van der Waals surface area contributed by atoms with Gasteiger partial charge in [-0.1, -0.05) is 65.3 Å². The van der Waals surface area contributed by atoms with Crippen LogP contribution in [0, 0.1) is 6.92 Å². The number of hydrogen-bond donors (Lipinski definition) is 0. The van der Waals surface area contributed by atoms with Crippen molar-refractivity contribution in [1.82, 2.24) is 0 Å². The van der Waals surface area contributed by atoms with Crippen molar-refractivity contribution in [2.45, 2.75) is 19.4 Å². The van der Waals surface area contributed by atoms with E-state index in [0.29, 0.717) is 0 Å². The highest BCUT2D eigenvalue weighted by molar-refractivity contribution is 6.01. The zero-order valence-corrected chi connectivity index (χ0v) is 10.3. The molecule has 1 atom stereocenters. The molecule has 0 N–H and O–H groups in total. The molecule has 1 aliphatic rings. The molecule has 0 aliphatic carbocycles. The molecule has 2 nitrogen and oxygen atoms in total. The molecule has 18 heavy (non-hydrogen) atoms. The van der Waals surface area contributed by atoms with Gasteiger partial charge in [-0.05, 0) is 18.1 Å². The van der Waals surface area contributed by atoms with Crippen LogP contribution in [-0.2, 0) is 4.84 Å². The maximum atomic E-state index is 5.53. The highest BCUT2D eigenvalue weighted by atomic mass is 16.6. The summed E-state index contributed by atoms with van der Waals surface area (Å²) in [5.41, 5.74) is 4.63. The quantitative estimate of drug-likeness (QED) is 0.777. The monoisotopic (exact) mass is 237 g/mol. The Bertz CT molecular complexity index is 557. The van der Waals surface area contributed by atoms with Crippen LogP contribution < -0.4 is 0 Å². The lowest BCUT2D eigenvalue weighted by Gasteiger charge is -2.08. The van der Waals surface area contributed by atoms with Crippen LogP contribution in [0.2, 0.25) is 0 Å². The molecule has 0 saturated heterocycles. The van der Waals surface area contributed by atoms with Crippen LogP contribution in [0.4, 0.5) is 0 Å². The van der Waals surface area contributed by atoms with Gasteiger partial charge >= 0.3 is 0 Å². The Balaban J connectivity index is 1.76. The van der Waals surface area contributed by atoms with Gasteiger partial charge in [0.1, 0.15) is 0 Å². The number of nitrogens with zero attached hydrogens (tertiary/aromatic N) is 1. The van der Waals surface area contributed by atoms with Crippen LogP contribution in [-0.4, -0.2) is 5.71 Å². The van der Waals surface area contributed by atoms with E-state index in [1.807, 2.05) is 18.2 Å². The van der Waals surface area contributed by atoms with Crippen molar-refractivity contribution >= 4 is 5.71 Å². The molecule has 2 aromatic carbocycles. The second-order valence-corrected chi connectivity index (χ2v) is 4.61. The molecule has 0 saturated carbocycles. The molecule has 90 valence electrons. The third-order valence-corrected chi connectivity index (χ3v) is 3.23. The van der Waals surface area contributed by atoms with E-state index >= 15 is 0 Å². The summed E-state index contributed by atoms with van der Waals surface area (Å²) in [6, 6.07) is 18.6. The lowest BCUT2D eigenvalue weighted by atomic mass is 10.00. The van der Waals surface area contributed by atoms with Gasteiger partial charge in [0, 0.05) is 6.42 Å². The smallest absolute Gasteiger partial charge is 0.158 e. The Morgan fingerprint density at radius 1 is 1.00 bits per heavy atom. The minimum absolute atomic E-state index is 0.0563. The molecule has 2 aromatic rings. The number of aryl methyl sites for hydroxylation is 1. The molecule has 1 unspecified atom stereocenters. The molecular weight excluding hydrogens is 222 g/mol. The van der Waals surface area contributed by atoms with E-state index in [1.165, 1.54) is 11.1 Å². The molecule has 1 heterocycles. The molecule has 0 bridgehead atoms. The molecular formula is C16H15NO. The molecule has 0 fully saturated rings. The van der Waals surface area contributed by atoms with Crippen molar-refractivity contribution in [3.8, 4) is 0 Å². The van der Waals surface area contributed by atoms with Crippen LogP contribution in [0.5, 0.6) is 0 Å². The van der Waals surface area contributed by atoms with Crippen molar-refractivity contribution in [2.24, 2.45) is 5.16 Å². The molecule has 0 amide bonds. The fraction of sp³-hybridized carbons (Fsp3) is 0.188. The minimum atomic E-state index is 0.0563. The van der Waals surface area contributed by atoms with Gasteiger partial charge in [0.25, 0.3) is 0 Å². The number of benzene rings is 2. The van der Waals surface area contributed by atoms with E-state index in [4.69, 9.17) is 4.84 Å². The van der Waals surface area contributed by atoms with Crippen molar-refractivity contribution in [3.63, 3.8) is 0 Å². The van der Waals surface area contributed by atoms with Crippen molar-refractivity contribution < 1.29 is 4.84 Å². The molecule has 0 radical (unpaired) electrons. The molecule has 0 aromatic heterocycles. The first kappa shape index (κ1) is 11.0. The van der Waals surface area contributed by atoms with Gasteiger partial charge in [-0.2, -0.15) is 0 Å². The van der Waals surface area contributed by atoms with Crippen molar-refractivity contribution in [1.29, 1.82) is 0 Å². The van der Waals surface area contributed by atoms with Gasteiger partial charge in [0.15, 0.2) is 6.10 Å². The predicted molar refractivity (Wildman–Crippen MR) is 72.6 cm³/mol. The highest BCUT2D eigenvalue weighted by Crippen LogP contribution is 2.29. The standard InChI is InChI=1S/C16H15NO/c1-12-7-9-14(10-8-12)16-11-15(17-18-16)13-5-3-2-4-6-13/h2-10,16H,11H2,1H3. The minimum Gasteiger partial charge on any atom is -0.387 e. The lowest BCUT2D eigenvalue weighted by Crippen LogP contribution is -2.01. The fourth-order valence-electron chi connectivity index (χ4n) is 2.14. The predicted octanol–water partition coefficient (Wildman–Crippen LogP) is 3.86. The van der Waals surface area contributed by atoms with Crippen LogP contribution in [0.15, 0.2) is 59.8 Å². The highest BCUT2D eigenvalue weighted by Gasteiger charge is 2.23. The van der Waals surface area contributed by atoms with Gasteiger partial charge in [-0.25, -0.2) is 0 Å². The first-order chi connectivity index (χ1) is 8.83. The molecule has 0 spiro atoms. The topological polar surface area (TPSA) is 21.6 Å². The normalized spacial score (nSPS) is 18.3. The average Bonchev–Trinajstić information content (AvgIpc) is 2.90. The zero-order valence-electron chi connectivity index (χ0n) is 10.3. The Kier molecular flexibility index (Phi) is 2.85. The van der Waals surface area contributed by atoms with Gasteiger partial charge in [0.2, 0.25) is 0 Å². The summed E-state index contributed by atoms with van der Waals surface area (Å²) in [5.74, 6) is 0. The Labute approximate surface area is 107 Å². The number of rotatable bonds is 2. The number of hydrogen-bond acceptors (Lipinski definition) is 2. The van der Waals surface area contributed by atoms with E-state index in [-0.39, 0.29) is 6.10 Å². The Hall–Kier alpha value is -2.09. The zero-order chi connectivity index (χ0) is 12.4. The largest absolute Gasteiger partial charge is 0.387 e. The SMILES string of the molecule is Cc1ccc(C2CC(c3ccccc3)=NO2)cc1. The summed E-state index contributed by atoms with van der Waals surface area (Å²) in [6.45, 7) is 2.09. The average molecular weight is 237 g/mol. The van der Waals surface area contributed by atoms with Gasteiger partial charge < -0.3 is 4.84 Å². The lowest BCUT2D eigenvalue weighted by molar-refractivity contribution is 0.0857. The van der Waals surface area contributed by atoms with Gasteiger partial charge in [-0.15, -0.1) is 0 Å². The van der Waals surface area contributed by atoms with Crippen molar-refractivity contribution in [2.75, 3.05) is 0 Å². The molecule has 3 rings (SSSR count). The summed E-state index contributed by atoms with van der Waals surface area (Å²) < 4.78 is 0.